The summed E-state index contributed by atoms with van der Waals surface area (Å²) in [5.74, 6) is -1.29. The molecule has 0 aliphatic carbocycles. The summed E-state index contributed by atoms with van der Waals surface area (Å²) in [6.45, 7) is 38.3. The average Bonchev–Trinajstić information content (AvgIpc) is 3.85. The number of benzene rings is 2. The average molecular weight is 905 g/mol. The van der Waals surface area contributed by atoms with Gasteiger partial charge in [-0.3, -0.25) is 4.79 Å². The van der Waals surface area contributed by atoms with Crippen molar-refractivity contribution in [3.8, 4) is 5.75 Å². The highest BCUT2D eigenvalue weighted by Gasteiger charge is 2.65. The van der Waals surface area contributed by atoms with E-state index in [9.17, 15) is 15.0 Å². The monoisotopic (exact) mass is 905 g/mol. The Bertz CT molecular complexity index is 1650. The van der Waals surface area contributed by atoms with Gasteiger partial charge in [0, 0.05) is 31.0 Å². The first-order valence-corrected chi connectivity index (χ1v) is 31.0. The Morgan fingerprint density at radius 3 is 1.70 bits per heavy atom. The second-order valence-corrected chi connectivity index (χ2v) is 36.6. The van der Waals surface area contributed by atoms with Crippen LogP contribution < -0.4 is 4.74 Å². The summed E-state index contributed by atoms with van der Waals surface area (Å²) in [5.41, 5.74) is 1.08. The van der Waals surface area contributed by atoms with Gasteiger partial charge in [0.2, 0.25) is 0 Å². The van der Waals surface area contributed by atoms with Crippen LogP contribution in [0.25, 0.3) is 0 Å². The van der Waals surface area contributed by atoms with Gasteiger partial charge in [-0.05, 0) is 84.6 Å². The van der Waals surface area contributed by atoms with Crippen molar-refractivity contribution in [1.29, 1.82) is 0 Å². The molecule has 0 bridgehead atoms. The molecule has 8 atom stereocenters. The van der Waals surface area contributed by atoms with Crippen molar-refractivity contribution in [2.45, 2.75) is 180 Å². The van der Waals surface area contributed by atoms with Gasteiger partial charge in [0.05, 0.1) is 51.2 Å². The van der Waals surface area contributed by atoms with Gasteiger partial charge in [-0.15, -0.1) is 0 Å². The highest BCUT2D eigenvalue weighted by atomic mass is 28.4. The first-order chi connectivity index (χ1) is 27.9. The summed E-state index contributed by atoms with van der Waals surface area (Å²) in [4.78, 5) is 13.4. The lowest BCUT2D eigenvalue weighted by molar-refractivity contribution is -0.150. The number of methoxy groups -OCH3 is 1. The molecule has 2 N–H and O–H groups in total. The van der Waals surface area contributed by atoms with Crippen molar-refractivity contribution in [2.75, 3.05) is 26.9 Å². The molecule has 1 fully saturated rings. The number of carbonyl (C=O) groups excluding carboxylic acids is 1. The van der Waals surface area contributed by atoms with Crippen molar-refractivity contribution in [2.24, 2.45) is 17.8 Å². The minimum absolute atomic E-state index is 0.00411. The summed E-state index contributed by atoms with van der Waals surface area (Å²) in [5, 5.41) is 24.8. The normalized spacial score (nSPS) is 21.0. The van der Waals surface area contributed by atoms with Gasteiger partial charge in [-0.25, -0.2) is 0 Å². The van der Waals surface area contributed by atoms with E-state index in [0.717, 1.165) is 16.9 Å². The van der Waals surface area contributed by atoms with Gasteiger partial charge in [-0.2, -0.15) is 0 Å². The molecule has 1 saturated heterocycles. The zero-order valence-electron chi connectivity index (χ0n) is 41.1. The lowest BCUT2D eigenvalue weighted by atomic mass is 9.78. The Hall–Kier alpha value is -1.92. The van der Waals surface area contributed by atoms with Crippen molar-refractivity contribution in [3.63, 3.8) is 0 Å². The maximum absolute atomic E-state index is 13.4. The van der Waals surface area contributed by atoms with Crippen LogP contribution in [0, 0.1) is 17.8 Å². The smallest absolute Gasteiger partial charge is 0.308 e. The van der Waals surface area contributed by atoms with Gasteiger partial charge in [0.1, 0.15) is 18.0 Å². The number of rotatable bonds is 23. The van der Waals surface area contributed by atoms with Crippen LogP contribution in [0.2, 0.25) is 54.4 Å². The van der Waals surface area contributed by atoms with E-state index in [2.05, 4.69) is 115 Å². The molecular formula is C48H84O10Si3. The van der Waals surface area contributed by atoms with Gasteiger partial charge in [0.25, 0.3) is 0 Å². The molecule has 0 unspecified atom stereocenters. The van der Waals surface area contributed by atoms with E-state index in [0.29, 0.717) is 13.2 Å². The largest absolute Gasteiger partial charge is 0.497 e. The van der Waals surface area contributed by atoms with E-state index in [4.69, 9.17) is 32.2 Å². The predicted molar refractivity (Wildman–Crippen MR) is 253 cm³/mol. The van der Waals surface area contributed by atoms with Gasteiger partial charge in [0.15, 0.2) is 25.0 Å². The van der Waals surface area contributed by atoms with Gasteiger partial charge >= 0.3 is 5.97 Å². The van der Waals surface area contributed by atoms with Crippen LogP contribution in [-0.2, 0) is 45.5 Å². The van der Waals surface area contributed by atoms with Crippen molar-refractivity contribution in [1.82, 2.24) is 0 Å². The third kappa shape index (κ3) is 14.5. The summed E-state index contributed by atoms with van der Waals surface area (Å²) in [6, 6.07) is 17.3. The minimum atomic E-state index is -2.54. The fraction of sp³-hybridized carbons (Fsp3) is 0.729. The van der Waals surface area contributed by atoms with Gasteiger partial charge < -0.3 is 42.4 Å². The van der Waals surface area contributed by atoms with E-state index in [-0.39, 0.29) is 53.4 Å². The molecule has 0 amide bonds. The summed E-state index contributed by atoms with van der Waals surface area (Å²) in [7, 11) is -5.65. The van der Waals surface area contributed by atoms with Gasteiger partial charge in [-0.1, -0.05) is 112 Å². The summed E-state index contributed by atoms with van der Waals surface area (Å²) < 4.78 is 45.3. The van der Waals surface area contributed by atoms with Crippen LogP contribution in [0.4, 0.5) is 0 Å². The molecule has 3 rings (SSSR count). The van der Waals surface area contributed by atoms with Crippen LogP contribution in [0.5, 0.6) is 5.75 Å². The maximum Gasteiger partial charge on any atom is 0.308 e. The Kier molecular flexibility index (Phi) is 18.3. The minimum Gasteiger partial charge on any atom is -0.497 e. The summed E-state index contributed by atoms with van der Waals surface area (Å²) >= 11 is 0. The highest BCUT2D eigenvalue weighted by molar-refractivity contribution is 6.75. The Balaban J connectivity index is 2.07. The van der Waals surface area contributed by atoms with E-state index in [1.165, 1.54) is 0 Å². The first kappa shape index (κ1) is 53.4. The lowest BCUT2D eigenvalue weighted by Crippen LogP contribution is -2.58. The summed E-state index contributed by atoms with van der Waals surface area (Å²) in [6.07, 6.45) is -3.65. The third-order valence-electron chi connectivity index (χ3n) is 14.3. The molecule has 1 aliphatic rings. The number of aliphatic hydroxyl groups is 2. The second kappa shape index (κ2) is 20.9. The van der Waals surface area contributed by atoms with Crippen molar-refractivity contribution in [3.05, 3.63) is 65.7 Å². The quantitative estimate of drug-likeness (QED) is 0.0632. The molecule has 13 heteroatoms. The third-order valence-corrected chi connectivity index (χ3v) is 27.7. The van der Waals surface area contributed by atoms with E-state index in [1.54, 1.807) is 7.11 Å². The maximum atomic E-state index is 13.4. The first-order valence-electron chi connectivity index (χ1n) is 22.3. The van der Waals surface area contributed by atoms with Crippen LogP contribution >= 0.6 is 0 Å². The SMILES string of the molecule is COc1ccc(COC[C@H](C)[C@H]2O[C@@]2(C)[C@@H](O[Si](C)(C)C(C)(C)C)[C@@H](CO[Si](C)(C)C(C)(C)C)[C@H](O)[C@H](CO[Si](C)(C)C(C)(C)C)[C@@H](O)CC(=O)OCc2ccccc2)cc1. The van der Waals surface area contributed by atoms with E-state index < -0.39 is 66.7 Å². The van der Waals surface area contributed by atoms with Crippen LogP contribution in [0.15, 0.2) is 54.6 Å². The zero-order valence-corrected chi connectivity index (χ0v) is 44.1. The number of epoxide rings is 1. The predicted octanol–water partition coefficient (Wildman–Crippen LogP) is 10.5. The molecule has 61 heavy (non-hydrogen) atoms. The van der Waals surface area contributed by atoms with Crippen LogP contribution in [-0.4, -0.2) is 98.1 Å². The van der Waals surface area contributed by atoms with Crippen LogP contribution in [0.1, 0.15) is 93.7 Å². The fourth-order valence-corrected chi connectivity index (χ4v) is 10.2. The molecule has 0 saturated carbocycles. The molecule has 0 aromatic heterocycles. The molecule has 1 heterocycles. The Morgan fingerprint density at radius 2 is 1.21 bits per heavy atom. The van der Waals surface area contributed by atoms with E-state index >= 15 is 0 Å². The fourth-order valence-electron chi connectivity index (χ4n) is 6.73. The number of hydrogen-bond donors (Lipinski definition) is 2. The van der Waals surface area contributed by atoms with Crippen LogP contribution in [0.3, 0.4) is 0 Å². The standard InChI is InChI=1S/C48H84O10Si3/c1-34(29-53-30-36-24-26-37(52-12)27-25-36)43-48(11,57-43)44(58-61(17,18)47(8,9)10)39(33-56-60(15,16)46(5,6)7)42(51)38(32-55-59(13,14)45(2,3)4)40(49)28-41(50)54-31-35-22-20-19-21-23-35/h19-27,34,38-40,42-44,49,51H,28-33H2,1-18H3/t34-,38+,39-,40-,42+,43+,44-,48+/m0/s1. The molecule has 0 radical (unpaired) electrons. The number of ether oxygens (including phenoxy) is 4. The molecular weight excluding hydrogens is 821 g/mol. The molecule has 10 nitrogen and oxygen atoms in total. The highest BCUT2D eigenvalue weighted by Crippen LogP contribution is 2.52. The van der Waals surface area contributed by atoms with Crippen molar-refractivity contribution < 1.29 is 47.2 Å². The molecule has 2 aromatic carbocycles. The topological polar surface area (TPSA) is 125 Å². The van der Waals surface area contributed by atoms with Crippen molar-refractivity contribution >= 4 is 30.9 Å². The second-order valence-electron chi connectivity index (χ2n) is 22.2. The number of hydrogen-bond acceptors (Lipinski definition) is 10. The Labute approximate surface area is 373 Å². The molecule has 0 spiro atoms. The number of carbonyl (C=O) groups is 1. The number of aliphatic hydroxyl groups excluding tert-OH is 2. The number of esters is 1. The van der Waals surface area contributed by atoms with E-state index in [1.807, 2.05) is 54.6 Å². The molecule has 348 valence electrons. The Morgan fingerprint density at radius 1 is 0.721 bits per heavy atom. The molecule has 2 aromatic rings. The molecule has 1 aliphatic heterocycles. The zero-order chi connectivity index (χ0) is 46.4. The lowest BCUT2D eigenvalue weighted by Gasteiger charge is -2.47.